The number of halogens is 2. The van der Waals surface area contributed by atoms with Gasteiger partial charge >= 0.3 is 5.82 Å². The van der Waals surface area contributed by atoms with Crippen molar-refractivity contribution in [1.82, 2.24) is 29.6 Å². The van der Waals surface area contributed by atoms with Crippen molar-refractivity contribution in [3.05, 3.63) is 65.3 Å². The Labute approximate surface area is 189 Å². The van der Waals surface area contributed by atoms with E-state index in [0.29, 0.717) is 28.8 Å². The number of aryl methyl sites for hydroxylation is 2. The van der Waals surface area contributed by atoms with Crippen LogP contribution in [-0.4, -0.2) is 42.9 Å². The summed E-state index contributed by atoms with van der Waals surface area (Å²) < 4.78 is 37.1. The fourth-order valence-electron chi connectivity index (χ4n) is 4.27. The van der Waals surface area contributed by atoms with Crippen LogP contribution in [0.5, 0.6) is 5.88 Å². The van der Waals surface area contributed by atoms with E-state index in [9.17, 15) is 8.78 Å². The molecule has 2 atom stereocenters. The molecule has 8 nitrogen and oxygen atoms in total. The lowest BCUT2D eigenvalue weighted by Crippen LogP contribution is -2.45. The third kappa shape index (κ3) is 4.20. The van der Waals surface area contributed by atoms with Crippen molar-refractivity contribution in [2.75, 3.05) is 7.11 Å². The Hall–Kier alpha value is -3.69. The van der Waals surface area contributed by atoms with Crippen molar-refractivity contribution in [1.29, 1.82) is 0 Å². The van der Waals surface area contributed by atoms with Crippen molar-refractivity contribution >= 4 is 12.2 Å². The first-order valence-electron chi connectivity index (χ1n) is 10.8. The standard InChI is InChI=1S/C23H23F2N7O/c1-14-12-31(13-27-14)22-23(33-2)28-16(11-26-22)6-8-20-29-21-18(4-3-9-32(21)30-20)17-7-5-15(24)10-19(17)25/h5-8,11-13,18-19H,3-4,9-10H2,1-2H3/p+1. The Morgan fingerprint density at radius 3 is 2.88 bits per heavy atom. The lowest BCUT2D eigenvalue weighted by Gasteiger charge is -2.23. The summed E-state index contributed by atoms with van der Waals surface area (Å²) >= 11 is 0. The predicted octanol–water partition coefficient (Wildman–Crippen LogP) is 3.56. The maximum Gasteiger partial charge on any atom is 0.326 e. The van der Waals surface area contributed by atoms with Gasteiger partial charge < -0.3 is 4.74 Å². The second-order valence-electron chi connectivity index (χ2n) is 8.15. The first kappa shape index (κ1) is 21.2. The Kier molecular flexibility index (Phi) is 5.57. The molecule has 0 fully saturated rings. The van der Waals surface area contributed by atoms with Crippen LogP contribution < -0.4 is 9.42 Å². The number of aromatic amines is 1. The molecule has 3 aromatic heterocycles. The number of hydrogen-bond acceptors (Lipinski definition) is 5. The summed E-state index contributed by atoms with van der Waals surface area (Å²) in [6.07, 6.45) is 11.8. The van der Waals surface area contributed by atoms with Crippen molar-refractivity contribution in [2.24, 2.45) is 0 Å². The van der Waals surface area contributed by atoms with Crippen LogP contribution >= 0.6 is 0 Å². The van der Waals surface area contributed by atoms with Crippen molar-refractivity contribution in [3.63, 3.8) is 0 Å². The highest BCUT2D eigenvalue weighted by molar-refractivity contribution is 5.64. The van der Waals surface area contributed by atoms with E-state index in [4.69, 9.17) is 9.72 Å². The molecule has 5 rings (SSSR count). The average Bonchev–Trinajstić information content (AvgIpc) is 3.43. The monoisotopic (exact) mass is 452 g/mol. The first-order valence-corrected chi connectivity index (χ1v) is 10.8. The summed E-state index contributed by atoms with van der Waals surface area (Å²) in [6.45, 7) is 2.67. The van der Waals surface area contributed by atoms with Crippen LogP contribution in [0.2, 0.25) is 0 Å². The van der Waals surface area contributed by atoms with Crippen LogP contribution in [0.15, 0.2) is 42.3 Å². The van der Waals surface area contributed by atoms with E-state index in [1.807, 2.05) is 17.8 Å². The molecule has 2 unspecified atom stereocenters. The van der Waals surface area contributed by atoms with Crippen LogP contribution in [0.1, 0.15) is 48.2 Å². The Morgan fingerprint density at radius 2 is 2.12 bits per heavy atom. The number of nitrogens with one attached hydrogen (secondary N) is 1. The van der Waals surface area contributed by atoms with E-state index in [0.717, 1.165) is 30.9 Å². The first-order chi connectivity index (χ1) is 16.0. The van der Waals surface area contributed by atoms with Gasteiger partial charge in [0, 0.05) is 18.7 Å². The molecule has 0 radical (unpaired) electrons. The molecule has 1 N–H and O–H groups in total. The van der Waals surface area contributed by atoms with Gasteiger partial charge in [-0.3, -0.25) is 4.57 Å². The number of alkyl halides is 1. The lowest BCUT2D eigenvalue weighted by molar-refractivity contribution is -0.763. The van der Waals surface area contributed by atoms with Gasteiger partial charge in [0.25, 0.3) is 11.7 Å². The van der Waals surface area contributed by atoms with Gasteiger partial charge in [0.2, 0.25) is 5.82 Å². The number of allylic oxidation sites excluding steroid dienone is 4. The number of nitrogens with zero attached hydrogens (tertiary/aromatic N) is 6. The van der Waals surface area contributed by atoms with Crippen LogP contribution in [0.4, 0.5) is 8.78 Å². The second-order valence-corrected chi connectivity index (χ2v) is 8.15. The normalized spacial score (nSPS) is 20.5. The van der Waals surface area contributed by atoms with E-state index < -0.39 is 12.0 Å². The van der Waals surface area contributed by atoms with E-state index in [1.54, 1.807) is 42.4 Å². The molecule has 170 valence electrons. The largest absolute Gasteiger partial charge is 0.478 e. The summed E-state index contributed by atoms with van der Waals surface area (Å²) in [5, 5.41) is 3.25. The third-order valence-corrected chi connectivity index (χ3v) is 5.84. The molecule has 0 spiro atoms. The smallest absolute Gasteiger partial charge is 0.326 e. The molecule has 1 aliphatic carbocycles. The molecule has 1 aliphatic heterocycles. The van der Waals surface area contributed by atoms with Crippen molar-refractivity contribution in [3.8, 4) is 11.7 Å². The molecule has 0 aromatic carbocycles. The Balaban J connectivity index is 1.40. The molecular formula is C23H24F2N7O+. The van der Waals surface area contributed by atoms with Gasteiger partial charge in [-0.2, -0.15) is 9.78 Å². The minimum Gasteiger partial charge on any atom is -0.478 e. The molecule has 10 heteroatoms. The van der Waals surface area contributed by atoms with E-state index >= 15 is 0 Å². The van der Waals surface area contributed by atoms with Gasteiger partial charge in [0.1, 0.15) is 24.9 Å². The third-order valence-electron chi connectivity index (χ3n) is 5.84. The minimum absolute atomic E-state index is 0.172. The molecule has 2 aliphatic rings. The van der Waals surface area contributed by atoms with Crippen LogP contribution in [-0.2, 0) is 6.54 Å². The zero-order valence-electron chi connectivity index (χ0n) is 18.4. The Bertz CT molecular complexity index is 1270. The number of hydrogen-bond donors (Lipinski definition) is 1. The van der Waals surface area contributed by atoms with Gasteiger partial charge in [-0.25, -0.2) is 23.7 Å². The minimum atomic E-state index is -1.32. The predicted molar refractivity (Wildman–Crippen MR) is 117 cm³/mol. The fourth-order valence-corrected chi connectivity index (χ4v) is 4.27. The van der Waals surface area contributed by atoms with Crippen LogP contribution in [0.3, 0.4) is 0 Å². The number of H-pyrrole nitrogens is 1. The summed E-state index contributed by atoms with van der Waals surface area (Å²) in [5.74, 6) is 1.72. The SMILES string of the molecule is COc1nc(C=Cc2nc3[n+]([nH]2)CCCC3C2=CC=C(F)CC2F)cnc1-n1cnc(C)c1. The Morgan fingerprint density at radius 1 is 1.24 bits per heavy atom. The maximum absolute atomic E-state index is 14.5. The van der Waals surface area contributed by atoms with Gasteiger partial charge in [-0.1, -0.05) is 6.08 Å². The van der Waals surface area contributed by atoms with E-state index in [1.165, 1.54) is 6.08 Å². The number of methoxy groups -OCH3 is 1. The molecule has 4 heterocycles. The van der Waals surface area contributed by atoms with Gasteiger partial charge in [-0.05, 0) is 42.5 Å². The molecule has 0 saturated heterocycles. The summed E-state index contributed by atoms with van der Waals surface area (Å²) in [4.78, 5) is 17.9. The molecule has 33 heavy (non-hydrogen) atoms. The number of rotatable bonds is 5. The van der Waals surface area contributed by atoms with Gasteiger partial charge in [0.15, 0.2) is 0 Å². The van der Waals surface area contributed by atoms with Crippen molar-refractivity contribution in [2.45, 2.75) is 44.8 Å². The maximum atomic E-state index is 14.5. The van der Waals surface area contributed by atoms with Gasteiger partial charge in [-0.15, -0.1) is 0 Å². The second kappa shape index (κ2) is 8.68. The highest BCUT2D eigenvalue weighted by Crippen LogP contribution is 2.36. The van der Waals surface area contributed by atoms with Crippen molar-refractivity contribution < 1.29 is 18.2 Å². The fraction of sp³-hybridized carbons (Fsp3) is 0.348. The van der Waals surface area contributed by atoms with E-state index in [-0.39, 0.29) is 12.3 Å². The summed E-state index contributed by atoms with van der Waals surface area (Å²) in [5.41, 5.74) is 2.06. The topological polar surface area (TPSA) is 85.4 Å². The van der Waals surface area contributed by atoms with Crippen LogP contribution in [0.25, 0.3) is 18.0 Å². The quantitative estimate of drug-likeness (QED) is 0.599. The number of fused-ring (bicyclic) bond motifs is 1. The van der Waals surface area contributed by atoms with Gasteiger partial charge in [0.05, 0.1) is 30.6 Å². The van der Waals surface area contributed by atoms with Crippen LogP contribution in [0, 0.1) is 6.92 Å². The zero-order valence-corrected chi connectivity index (χ0v) is 18.4. The molecule has 0 saturated carbocycles. The molecule has 0 amide bonds. The highest BCUT2D eigenvalue weighted by atomic mass is 19.1. The zero-order chi connectivity index (χ0) is 22.9. The highest BCUT2D eigenvalue weighted by Gasteiger charge is 2.38. The number of imidazole rings is 1. The molecule has 0 bridgehead atoms. The average molecular weight is 452 g/mol. The molecular weight excluding hydrogens is 428 g/mol. The lowest BCUT2D eigenvalue weighted by atomic mass is 9.85. The molecule has 3 aromatic rings. The number of ether oxygens (including phenoxy) is 1. The number of aromatic nitrogens is 7. The van der Waals surface area contributed by atoms with E-state index in [2.05, 4.69) is 20.1 Å². The summed E-state index contributed by atoms with van der Waals surface area (Å²) in [7, 11) is 1.54. The summed E-state index contributed by atoms with van der Waals surface area (Å²) in [6, 6.07) is 0.